The van der Waals surface area contributed by atoms with Gasteiger partial charge in [0.2, 0.25) is 11.8 Å². The largest absolute Gasteiger partial charge is 0.470 e. The summed E-state index contributed by atoms with van der Waals surface area (Å²) in [6.45, 7) is 6.34. The van der Waals surface area contributed by atoms with Crippen LogP contribution in [0.4, 0.5) is 5.69 Å². The van der Waals surface area contributed by atoms with E-state index < -0.39 is 5.91 Å². The number of anilines is 1. The molecule has 0 radical (unpaired) electrons. The second-order valence-electron chi connectivity index (χ2n) is 7.51. The molecule has 0 spiro atoms. The Labute approximate surface area is 183 Å². The zero-order chi connectivity index (χ0) is 22.1. The van der Waals surface area contributed by atoms with Gasteiger partial charge in [-0.15, -0.1) is 0 Å². The number of benzene rings is 1. The molecule has 3 heterocycles. The monoisotopic (exact) mass is 419 g/mol. The Balaban J connectivity index is 0.000000391. The van der Waals surface area contributed by atoms with Crippen molar-refractivity contribution >= 4 is 11.6 Å². The summed E-state index contributed by atoms with van der Waals surface area (Å²) in [5.74, 6) is 0.368. The minimum Gasteiger partial charge on any atom is -0.470 e. The molecule has 0 bridgehead atoms. The average Bonchev–Trinajstić information content (AvgIpc) is 2.80. The predicted molar refractivity (Wildman–Crippen MR) is 122 cm³/mol. The van der Waals surface area contributed by atoms with E-state index in [0.29, 0.717) is 36.1 Å². The number of hydrogen-bond acceptors (Lipinski definition) is 6. The second kappa shape index (κ2) is 11.1. The van der Waals surface area contributed by atoms with Gasteiger partial charge in [-0.2, -0.15) is 0 Å². The van der Waals surface area contributed by atoms with E-state index in [1.54, 1.807) is 6.07 Å². The molecule has 2 atom stereocenters. The van der Waals surface area contributed by atoms with Crippen molar-refractivity contribution < 1.29 is 9.53 Å². The van der Waals surface area contributed by atoms with Crippen LogP contribution in [0.15, 0.2) is 67.0 Å². The first-order valence-corrected chi connectivity index (χ1v) is 10.4. The number of primary amides is 1. The molecule has 1 aromatic carbocycles. The van der Waals surface area contributed by atoms with Crippen molar-refractivity contribution in [3.05, 3.63) is 83.8 Å². The van der Waals surface area contributed by atoms with Gasteiger partial charge in [-0.25, -0.2) is 4.98 Å². The van der Waals surface area contributed by atoms with Gasteiger partial charge in [0, 0.05) is 31.2 Å². The highest BCUT2D eigenvalue weighted by Crippen LogP contribution is 2.27. The van der Waals surface area contributed by atoms with Crippen molar-refractivity contribution in [1.82, 2.24) is 15.3 Å². The maximum Gasteiger partial charge on any atom is 0.250 e. The number of fused-ring (bicyclic) bond motifs is 1. The van der Waals surface area contributed by atoms with E-state index in [9.17, 15) is 4.79 Å². The number of nitrogens with zero attached hydrogens (tertiary/aromatic N) is 2. The van der Waals surface area contributed by atoms with Crippen LogP contribution in [0, 0.1) is 6.92 Å². The molecule has 1 aliphatic rings. The molecule has 0 saturated carbocycles. The van der Waals surface area contributed by atoms with Crippen LogP contribution in [0.1, 0.15) is 34.5 Å². The maximum atomic E-state index is 11.2. The quantitative estimate of drug-likeness (QED) is 0.567. The lowest BCUT2D eigenvalue weighted by Crippen LogP contribution is -2.40. The van der Waals surface area contributed by atoms with Gasteiger partial charge in [0.1, 0.15) is 6.10 Å². The molecule has 1 amide bonds. The standard InChI is InChI=1S/C18H23N5O2.C6H6/c1-11(13-4-3-12(2)21-7-13)6-20-9-15-10-22-16-5-14(17(19)24)8-23-18(16)25-15;1-2-4-6-5-3-1/h3-5,7-8,11,15,20,22H,6,9-10H2,1-2H3,(H2,19,24);1-6H. The number of carbonyl (C=O) groups excluding carboxylic acids is 1. The lowest BCUT2D eigenvalue weighted by molar-refractivity contribution is 0.0999. The van der Waals surface area contributed by atoms with E-state index in [1.165, 1.54) is 11.8 Å². The third-order valence-corrected chi connectivity index (χ3v) is 4.93. The van der Waals surface area contributed by atoms with Crippen LogP contribution < -0.4 is 21.1 Å². The van der Waals surface area contributed by atoms with Gasteiger partial charge in [0.15, 0.2) is 0 Å². The van der Waals surface area contributed by atoms with Gasteiger partial charge >= 0.3 is 0 Å². The van der Waals surface area contributed by atoms with Crippen molar-refractivity contribution in [3.8, 4) is 5.88 Å². The van der Waals surface area contributed by atoms with E-state index in [-0.39, 0.29) is 6.10 Å². The zero-order valence-electron chi connectivity index (χ0n) is 17.9. The van der Waals surface area contributed by atoms with Crippen LogP contribution >= 0.6 is 0 Å². The Morgan fingerprint density at radius 2 is 1.90 bits per heavy atom. The zero-order valence-corrected chi connectivity index (χ0v) is 17.9. The molecule has 3 aromatic rings. The van der Waals surface area contributed by atoms with Crippen molar-refractivity contribution in [2.45, 2.75) is 25.9 Å². The summed E-state index contributed by atoms with van der Waals surface area (Å²) in [5.41, 5.74) is 8.57. The Morgan fingerprint density at radius 1 is 1.19 bits per heavy atom. The first-order valence-electron chi connectivity index (χ1n) is 10.4. The molecular weight excluding hydrogens is 390 g/mol. The molecule has 4 rings (SSSR count). The molecule has 2 unspecified atom stereocenters. The summed E-state index contributed by atoms with van der Waals surface area (Å²) in [7, 11) is 0. The Morgan fingerprint density at radius 3 is 2.52 bits per heavy atom. The molecule has 0 saturated heterocycles. The molecule has 7 heteroatoms. The molecule has 162 valence electrons. The molecule has 4 N–H and O–H groups in total. The van der Waals surface area contributed by atoms with Crippen LogP contribution in [0.2, 0.25) is 0 Å². The highest BCUT2D eigenvalue weighted by molar-refractivity contribution is 5.93. The first-order chi connectivity index (χ1) is 15.0. The van der Waals surface area contributed by atoms with Crippen LogP contribution in [0.3, 0.4) is 0 Å². The van der Waals surface area contributed by atoms with Gasteiger partial charge < -0.3 is 21.1 Å². The number of carbonyl (C=O) groups is 1. The Kier molecular flexibility index (Phi) is 7.95. The van der Waals surface area contributed by atoms with Crippen molar-refractivity contribution in [1.29, 1.82) is 0 Å². The van der Waals surface area contributed by atoms with Crippen LogP contribution in [-0.4, -0.2) is 41.6 Å². The average molecular weight is 420 g/mol. The lowest BCUT2D eigenvalue weighted by atomic mass is 10.0. The van der Waals surface area contributed by atoms with E-state index >= 15 is 0 Å². The van der Waals surface area contributed by atoms with Gasteiger partial charge in [-0.3, -0.25) is 9.78 Å². The first kappa shape index (κ1) is 22.2. The fraction of sp³-hybridized carbons (Fsp3) is 0.292. The summed E-state index contributed by atoms with van der Waals surface area (Å²) < 4.78 is 5.87. The van der Waals surface area contributed by atoms with E-state index in [2.05, 4.69) is 33.6 Å². The van der Waals surface area contributed by atoms with Crippen molar-refractivity contribution in [3.63, 3.8) is 0 Å². The minimum atomic E-state index is -0.500. The van der Waals surface area contributed by atoms with Crippen molar-refractivity contribution in [2.75, 3.05) is 25.0 Å². The van der Waals surface area contributed by atoms with Gasteiger partial charge in [-0.05, 0) is 30.5 Å². The summed E-state index contributed by atoms with van der Waals surface area (Å²) in [6.07, 6.45) is 3.34. The third kappa shape index (κ3) is 6.79. The molecule has 2 aromatic heterocycles. The van der Waals surface area contributed by atoms with Gasteiger partial charge in [0.05, 0.1) is 17.8 Å². The number of rotatable bonds is 6. The third-order valence-electron chi connectivity index (χ3n) is 4.93. The summed E-state index contributed by atoms with van der Waals surface area (Å²) in [4.78, 5) is 19.7. The van der Waals surface area contributed by atoms with Crippen molar-refractivity contribution in [2.24, 2.45) is 5.73 Å². The molecule has 7 nitrogen and oxygen atoms in total. The number of ether oxygens (including phenoxy) is 1. The number of aromatic nitrogens is 2. The Hall–Kier alpha value is -3.45. The highest BCUT2D eigenvalue weighted by atomic mass is 16.5. The number of aryl methyl sites for hydroxylation is 1. The molecule has 0 fully saturated rings. The van der Waals surface area contributed by atoms with E-state index in [4.69, 9.17) is 10.5 Å². The van der Waals surface area contributed by atoms with E-state index in [0.717, 1.165) is 12.2 Å². The fourth-order valence-corrected chi connectivity index (χ4v) is 3.08. The number of nitrogens with two attached hydrogens (primary N) is 1. The number of nitrogens with one attached hydrogen (secondary N) is 2. The Bertz CT molecular complexity index is 937. The highest BCUT2D eigenvalue weighted by Gasteiger charge is 2.21. The van der Waals surface area contributed by atoms with Crippen LogP contribution in [-0.2, 0) is 0 Å². The number of amides is 1. The topological polar surface area (TPSA) is 102 Å². The van der Waals surface area contributed by atoms with Crippen LogP contribution in [0.5, 0.6) is 5.88 Å². The summed E-state index contributed by atoms with van der Waals surface area (Å²) >= 11 is 0. The summed E-state index contributed by atoms with van der Waals surface area (Å²) in [6, 6.07) is 17.8. The lowest BCUT2D eigenvalue weighted by Gasteiger charge is -2.27. The molecule has 31 heavy (non-hydrogen) atoms. The number of pyridine rings is 2. The summed E-state index contributed by atoms with van der Waals surface area (Å²) in [5, 5.41) is 6.67. The second-order valence-corrected chi connectivity index (χ2v) is 7.51. The smallest absolute Gasteiger partial charge is 0.250 e. The van der Waals surface area contributed by atoms with Crippen LogP contribution in [0.25, 0.3) is 0 Å². The maximum absolute atomic E-state index is 11.2. The molecular formula is C24H29N5O2. The molecule has 0 aliphatic carbocycles. The minimum absolute atomic E-state index is 0.0252. The number of hydrogen-bond donors (Lipinski definition) is 3. The van der Waals surface area contributed by atoms with Gasteiger partial charge in [-0.1, -0.05) is 49.4 Å². The normalized spacial score (nSPS) is 15.4. The SMILES string of the molecule is Cc1ccc(C(C)CNCC2CNc3cc(C(N)=O)cnc3O2)cn1.c1ccccc1. The fourth-order valence-electron chi connectivity index (χ4n) is 3.08. The predicted octanol–water partition coefficient (Wildman–Crippen LogP) is 3.14. The molecule has 1 aliphatic heterocycles. The van der Waals surface area contributed by atoms with E-state index in [1.807, 2.05) is 55.6 Å². The van der Waals surface area contributed by atoms with Gasteiger partial charge in [0.25, 0.3) is 0 Å².